The molecule has 2 unspecified atom stereocenters. The highest BCUT2D eigenvalue weighted by molar-refractivity contribution is 7.99. The zero-order chi connectivity index (χ0) is 30.7. The fourth-order valence-electron chi connectivity index (χ4n) is 5.52. The highest BCUT2D eigenvalue weighted by Gasteiger charge is 2.62. The van der Waals surface area contributed by atoms with Gasteiger partial charge in [0.1, 0.15) is 23.7 Å². The summed E-state index contributed by atoms with van der Waals surface area (Å²) >= 11 is 1.47. The van der Waals surface area contributed by atoms with E-state index in [1.807, 2.05) is 48.5 Å². The topological polar surface area (TPSA) is 98.8 Å². The van der Waals surface area contributed by atoms with Crippen LogP contribution < -0.4 is 0 Å². The van der Waals surface area contributed by atoms with E-state index < -0.39 is 51.5 Å². The summed E-state index contributed by atoms with van der Waals surface area (Å²) in [4.78, 5) is 0.963. The predicted molar refractivity (Wildman–Crippen MR) is 164 cm³/mol. The molecule has 0 spiro atoms. The average Bonchev–Trinajstić information content (AvgIpc) is 3.01. The molecule has 3 aromatic rings. The Hall–Kier alpha value is -2.06. The van der Waals surface area contributed by atoms with Gasteiger partial charge in [0.05, 0.1) is 25.1 Å². The zero-order valence-electron chi connectivity index (χ0n) is 25.1. The van der Waals surface area contributed by atoms with Crippen molar-refractivity contribution in [2.45, 2.75) is 80.1 Å². The lowest BCUT2D eigenvalue weighted by atomic mass is 9.93. The Kier molecular flexibility index (Phi) is 10.2. The van der Waals surface area contributed by atoms with Gasteiger partial charge < -0.3 is 28.4 Å². The first-order chi connectivity index (χ1) is 20.6. The fraction of sp³-hybridized carbons (Fsp3) is 0.500. The van der Waals surface area contributed by atoms with Gasteiger partial charge in [0.25, 0.3) is 10.1 Å². The monoisotopic (exact) mass is 632 g/mol. The molecule has 0 amide bonds. The Morgan fingerprint density at radius 3 is 2.19 bits per heavy atom. The van der Waals surface area contributed by atoms with Crippen LogP contribution in [0.5, 0.6) is 0 Å². The SMILES string of the molecule is CCOS(=O)(=O)CC[C@H]1O[C@H](Sc2ccccc2)[C@@H]2OC(C)(OC)C(C)(OC)O[C@H]2[C@@H]1OCc1ccc2ccccc2c1. The molecule has 5 rings (SSSR count). The van der Waals surface area contributed by atoms with E-state index in [-0.39, 0.29) is 25.4 Å². The van der Waals surface area contributed by atoms with Crippen molar-refractivity contribution >= 4 is 32.7 Å². The lowest BCUT2D eigenvalue weighted by Gasteiger charge is -2.57. The molecule has 0 saturated carbocycles. The van der Waals surface area contributed by atoms with E-state index in [9.17, 15) is 8.42 Å². The molecular weight excluding hydrogens is 592 g/mol. The van der Waals surface area contributed by atoms with Gasteiger partial charge in [-0.2, -0.15) is 8.42 Å². The van der Waals surface area contributed by atoms with Crippen LogP contribution in [0.15, 0.2) is 77.7 Å². The van der Waals surface area contributed by atoms with Crippen LogP contribution in [0.3, 0.4) is 0 Å². The number of fused-ring (bicyclic) bond motifs is 2. The second kappa shape index (κ2) is 13.5. The van der Waals surface area contributed by atoms with Crippen LogP contribution in [-0.2, 0) is 49.3 Å². The van der Waals surface area contributed by atoms with Gasteiger partial charge in [0.15, 0.2) is 0 Å². The molecule has 9 nitrogen and oxygen atoms in total. The molecular formula is C32H40O9S2. The standard InChI is InChI=1S/C32H40O9S2/c1-6-38-43(33,34)19-18-26-27(37-21-22-16-17-23-12-10-11-13-24(23)20-22)28-29(30(39-26)42-25-14-8-7-9-15-25)41-32(3,36-5)31(2,35-4)40-28/h7-17,20,26-30H,6,18-19,21H2,1-5H3/t26-,27-,28+,29-,30-,31?,32?/m1/s1. The average molecular weight is 633 g/mol. The van der Waals surface area contributed by atoms with Crippen LogP contribution in [0.25, 0.3) is 10.8 Å². The van der Waals surface area contributed by atoms with Crippen LogP contribution in [0, 0.1) is 0 Å². The first-order valence-electron chi connectivity index (χ1n) is 14.4. The van der Waals surface area contributed by atoms with E-state index >= 15 is 0 Å². The largest absolute Gasteiger partial charge is 0.368 e. The van der Waals surface area contributed by atoms with E-state index in [4.69, 9.17) is 32.6 Å². The second-order valence-corrected chi connectivity index (χ2v) is 13.8. The summed E-state index contributed by atoms with van der Waals surface area (Å²) in [6, 6.07) is 24.1. The van der Waals surface area contributed by atoms with E-state index in [1.165, 1.54) is 18.9 Å². The van der Waals surface area contributed by atoms with Crippen LogP contribution in [0.2, 0.25) is 0 Å². The van der Waals surface area contributed by atoms with Crippen molar-refractivity contribution in [2.24, 2.45) is 0 Å². The Morgan fingerprint density at radius 2 is 1.51 bits per heavy atom. The molecule has 0 N–H and O–H groups in total. The number of benzene rings is 3. The van der Waals surface area contributed by atoms with Crippen molar-refractivity contribution in [3.63, 3.8) is 0 Å². The van der Waals surface area contributed by atoms with Gasteiger partial charge in [-0.3, -0.25) is 4.18 Å². The van der Waals surface area contributed by atoms with Crippen molar-refractivity contribution in [1.29, 1.82) is 0 Å². The molecule has 2 saturated heterocycles. The summed E-state index contributed by atoms with van der Waals surface area (Å²) in [5, 5.41) is 2.23. The Balaban J connectivity index is 1.49. The van der Waals surface area contributed by atoms with Gasteiger partial charge in [-0.05, 0) is 61.7 Å². The number of methoxy groups -OCH3 is 2. The molecule has 2 heterocycles. The summed E-state index contributed by atoms with van der Waals surface area (Å²) in [7, 11) is -0.685. The van der Waals surface area contributed by atoms with E-state index in [0.29, 0.717) is 0 Å². The normalized spacial score (nSPS) is 31.1. The maximum Gasteiger partial charge on any atom is 0.267 e. The summed E-state index contributed by atoms with van der Waals surface area (Å²) in [5.74, 6) is -2.80. The second-order valence-electron chi connectivity index (χ2n) is 10.9. The van der Waals surface area contributed by atoms with Crippen LogP contribution in [0.4, 0.5) is 0 Å². The van der Waals surface area contributed by atoms with Gasteiger partial charge in [-0.15, -0.1) is 0 Å². The fourth-order valence-corrected chi connectivity index (χ4v) is 7.64. The van der Waals surface area contributed by atoms with Gasteiger partial charge in [0, 0.05) is 19.1 Å². The molecule has 0 bridgehead atoms. The minimum absolute atomic E-state index is 0.0612. The molecule has 2 aliphatic rings. The van der Waals surface area contributed by atoms with Crippen molar-refractivity contribution in [3.8, 4) is 0 Å². The minimum Gasteiger partial charge on any atom is -0.368 e. The maximum absolute atomic E-state index is 12.6. The Bertz CT molecular complexity index is 1470. The van der Waals surface area contributed by atoms with Crippen molar-refractivity contribution in [1.82, 2.24) is 0 Å². The van der Waals surface area contributed by atoms with Gasteiger partial charge in [0.2, 0.25) is 11.6 Å². The maximum atomic E-state index is 12.6. The van der Waals surface area contributed by atoms with Crippen LogP contribution >= 0.6 is 11.8 Å². The van der Waals surface area contributed by atoms with Gasteiger partial charge in [-0.1, -0.05) is 66.4 Å². The number of thioether (sulfide) groups is 1. The number of hydrogen-bond acceptors (Lipinski definition) is 10. The highest BCUT2D eigenvalue weighted by atomic mass is 32.2. The third-order valence-electron chi connectivity index (χ3n) is 8.12. The summed E-state index contributed by atoms with van der Waals surface area (Å²) in [6.07, 6.45) is -2.54. The number of ether oxygens (including phenoxy) is 6. The van der Waals surface area contributed by atoms with Crippen molar-refractivity contribution in [3.05, 3.63) is 78.4 Å². The van der Waals surface area contributed by atoms with E-state index in [2.05, 4.69) is 24.3 Å². The summed E-state index contributed by atoms with van der Waals surface area (Å²) in [6.45, 7) is 5.49. The first-order valence-corrected chi connectivity index (χ1v) is 16.9. The molecule has 7 atom stereocenters. The quantitative estimate of drug-likeness (QED) is 0.238. The molecule has 3 aromatic carbocycles. The van der Waals surface area contributed by atoms with Crippen molar-refractivity contribution < 1.29 is 41.0 Å². The number of hydrogen-bond donors (Lipinski definition) is 0. The molecule has 2 aliphatic heterocycles. The third kappa shape index (κ3) is 7.11. The number of rotatable bonds is 12. The first kappa shape index (κ1) is 32.3. The van der Waals surface area contributed by atoms with Crippen molar-refractivity contribution in [2.75, 3.05) is 26.6 Å². The lowest BCUT2D eigenvalue weighted by molar-refractivity contribution is -0.469. The zero-order valence-corrected chi connectivity index (χ0v) is 26.8. The van der Waals surface area contributed by atoms with E-state index in [1.54, 1.807) is 27.9 Å². The van der Waals surface area contributed by atoms with Crippen LogP contribution in [-0.4, -0.2) is 76.4 Å². The molecule has 0 aromatic heterocycles. The molecule has 11 heteroatoms. The predicted octanol–water partition coefficient (Wildman–Crippen LogP) is 5.51. The molecule has 43 heavy (non-hydrogen) atoms. The van der Waals surface area contributed by atoms with Gasteiger partial charge in [-0.25, -0.2) is 0 Å². The summed E-state index contributed by atoms with van der Waals surface area (Å²) in [5.41, 5.74) is 0.397. The van der Waals surface area contributed by atoms with Gasteiger partial charge >= 0.3 is 0 Å². The Morgan fingerprint density at radius 1 is 0.860 bits per heavy atom. The highest BCUT2D eigenvalue weighted by Crippen LogP contribution is 2.47. The Labute approximate surface area is 258 Å². The smallest absolute Gasteiger partial charge is 0.267 e. The van der Waals surface area contributed by atoms with Crippen LogP contribution in [0.1, 0.15) is 32.8 Å². The summed E-state index contributed by atoms with van der Waals surface area (Å²) < 4.78 is 68.5. The lowest BCUT2D eigenvalue weighted by Crippen LogP contribution is -2.72. The molecule has 2 fully saturated rings. The molecule has 0 radical (unpaired) electrons. The van der Waals surface area contributed by atoms with E-state index in [0.717, 1.165) is 21.2 Å². The minimum atomic E-state index is -3.76. The molecule has 234 valence electrons. The third-order valence-corrected chi connectivity index (χ3v) is 10.6. The molecule has 0 aliphatic carbocycles.